The third-order valence-electron chi connectivity index (χ3n) is 4.57. The molecule has 0 fully saturated rings. The second kappa shape index (κ2) is 9.99. The van der Waals surface area contributed by atoms with Gasteiger partial charge in [0.2, 0.25) is 0 Å². The SMILES string of the molecule is CC[O-].c1ccc([P+](c2ccccc2)(c2ccccc2)c2ccccc2)cc1. The molecule has 0 saturated carbocycles. The quantitative estimate of drug-likeness (QED) is 0.493. The van der Waals surface area contributed by atoms with E-state index in [1.807, 2.05) is 0 Å². The highest BCUT2D eigenvalue weighted by Gasteiger charge is 2.47. The molecule has 1 nitrogen and oxygen atoms in total. The maximum absolute atomic E-state index is 8.93. The fraction of sp³-hybridized carbons (Fsp3) is 0.0769. The predicted octanol–water partition coefficient (Wildman–Crippen LogP) is 3.67. The molecule has 0 aliphatic heterocycles. The zero-order valence-electron chi connectivity index (χ0n) is 16.1. The monoisotopic (exact) mass is 384 g/mol. The van der Waals surface area contributed by atoms with Gasteiger partial charge in [0.15, 0.2) is 0 Å². The van der Waals surface area contributed by atoms with Gasteiger partial charge in [0.05, 0.1) is 0 Å². The number of benzene rings is 4. The van der Waals surface area contributed by atoms with Crippen LogP contribution in [-0.2, 0) is 0 Å². The fourth-order valence-electron chi connectivity index (χ4n) is 3.50. The Bertz CT molecular complexity index is 775. The average molecular weight is 384 g/mol. The summed E-state index contributed by atoms with van der Waals surface area (Å²) in [6, 6.07) is 43.8. The Hall–Kier alpha value is -2.73. The molecule has 0 spiro atoms. The largest absolute Gasteiger partial charge is 0.855 e. The zero-order chi connectivity index (χ0) is 19.7. The highest BCUT2D eigenvalue weighted by atomic mass is 31.2. The molecule has 2 heteroatoms. The second-order valence-corrected chi connectivity index (χ2v) is 9.71. The van der Waals surface area contributed by atoms with E-state index in [-0.39, 0.29) is 6.61 Å². The Morgan fingerprint density at radius 2 is 0.643 bits per heavy atom. The van der Waals surface area contributed by atoms with E-state index in [1.54, 1.807) is 6.92 Å². The molecule has 0 heterocycles. The van der Waals surface area contributed by atoms with Crippen LogP contribution in [0.5, 0.6) is 0 Å². The van der Waals surface area contributed by atoms with E-state index in [4.69, 9.17) is 5.11 Å². The van der Waals surface area contributed by atoms with Gasteiger partial charge >= 0.3 is 0 Å². The molecule has 0 aliphatic carbocycles. The molecule has 140 valence electrons. The van der Waals surface area contributed by atoms with Crippen molar-refractivity contribution in [3.8, 4) is 0 Å². The van der Waals surface area contributed by atoms with Crippen LogP contribution in [0.4, 0.5) is 0 Å². The standard InChI is InChI=1S/C24H20P.C2H5O/c1-5-13-21(14-6-1)25(22-15-7-2-8-16-22,23-17-9-3-10-18-23)24-19-11-4-12-20-24;1-2-3/h1-20H;2H2,1H3/q+1;-1. The van der Waals surface area contributed by atoms with Crippen LogP contribution >= 0.6 is 7.26 Å². The van der Waals surface area contributed by atoms with Crippen molar-refractivity contribution < 1.29 is 5.11 Å². The van der Waals surface area contributed by atoms with Gasteiger partial charge in [0.1, 0.15) is 28.5 Å². The zero-order valence-corrected chi connectivity index (χ0v) is 17.0. The first-order chi connectivity index (χ1) is 13.8. The van der Waals surface area contributed by atoms with Crippen molar-refractivity contribution in [2.24, 2.45) is 0 Å². The van der Waals surface area contributed by atoms with Gasteiger partial charge in [-0.25, -0.2) is 0 Å². The molecule has 4 rings (SSSR count). The van der Waals surface area contributed by atoms with E-state index in [9.17, 15) is 0 Å². The minimum atomic E-state index is -1.91. The first kappa shape index (κ1) is 20.0. The Balaban J connectivity index is 0.000000706. The molecule has 0 saturated heterocycles. The predicted molar refractivity (Wildman–Crippen MR) is 122 cm³/mol. The lowest BCUT2D eigenvalue weighted by atomic mass is 10.3. The Kier molecular flexibility index (Phi) is 7.14. The van der Waals surface area contributed by atoms with E-state index in [1.165, 1.54) is 21.2 Å². The minimum absolute atomic E-state index is 0. The molecular formula is C26H25OP. The van der Waals surface area contributed by atoms with Gasteiger partial charge < -0.3 is 5.11 Å². The van der Waals surface area contributed by atoms with Gasteiger partial charge in [0.25, 0.3) is 0 Å². The van der Waals surface area contributed by atoms with Gasteiger partial charge in [-0.1, -0.05) is 79.7 Å². The average Bonchev–Trinajstić information content (AvgIpc) is 2.78. The van der Waals surface area contributed by atoms with Gasteiger partial charge in [-0.3, -0.25) is 0 Å². The van der Waals surface area contributed by atoms with Crippen LogP contribution in [0.25, 0.3) is 0 Å². The van der Waals surface area contributed by atoms with Crippen LogP contribution in [0.2, 0.25) is 0 Å². The maximum atomic E-state index is 8.93. The summed E-state index contributed by atoms with van der Waals surface area (Å²) in [6.45, 7) is 1.57. The highest BCUT2D eigenvalue weighted by molar-refractivity contribution is 8.01. The lowest BCUT2D eigenvalue weighted by Gasteiger charge is -2.27. The summed E-state index contributed by atoms with van der Waals surface area (Å²) in [7, 11) is -1.91. The van der Waals surface area contributed by atoms with Crippen LogP contribution in [0.3, 0.4) is 0 Å². The van der Waals surface area contributed by atoms with E-state index < -0.39 is 7.26 Å². The minimum Gasteiger partial charge on any atom is -0.855 e. The first-order valence-electron chi connectivity index (χ1n) is 9.53. The van der Waals surface area contributed by atoms with Crippen LogP contribution < -0.4 is 26.3 Å². The normalized spacial score (nSPS) is 10.6. The lowest BCUT2D eigenvalue weighted by Crippen LogP contribution is -2.38. The molecule has 4 aromatic carbocycles. The molecular weight excluding hydrogens is 359 g/mol. The van der Waals surface area contributed by atoms with Crippen molar-refractivity contribution in [1.29, 1.82) is 0 Å². The molecule has 0 aromatic heterocycles. The van der Waals surface area contributed by atoms with Gasteiger partial charge in [-0.2, -0.15) is 0 Å². The van der Waals surface area contributed by atoms with E-state index in [0.717, 1.165) is 0 Å². The van der Waals surface area contributed by atoms with E-state index >= 15 is 0 Å². The van der Waals surface area contributed by atoms with E-state index in [2.05, 4.69) is 121 Å². The molecule has 0 radical (unpaired) electrons. The summed E-state index contributed by atoms with van der Waals surface area (Å²) in [4.78, 5) is 0. The van der Waals surface area contributed by atoms with Crippen molar-refractivity contribution >= 4 is 28.5 Å². The molecule has 0 bridgehead atoms. The lowest BCUT2D eigenvalue weighted by molar-refractivity contribution is -0.361. The second-order valence-electron chi connectivity index (χ2n) is 6.30. The van der Waals surface area contributed by atoms with Crippen LogP contribution in [-0.4, -0.2) is 6.61 Å². The molecule has 0 unspecified atom stereocenters. The first-order valence-corrected chi connectivity index (χ1v) is 11.3. The van der Waals surface area contributed by atoms with Crippen molar-refractivity contribution in [2.45, 2.75) is 6.92 Å². The van der Waals surface area contributed by atoms with Crippen molar-refractivity contribution in [3.63, 3.8) is 0 Å². The summed E-state index contributed by atoms with van der Waals surface area (Å²) in [6.07, 6.45) is 0. The van der Waals surface area contributed by atoms with E-state index in [0.29, 0.717) is 0 Å². The molecule has 4 aromatic rings. The molecule has 0 aliphatic rings. The highest BCUT2D eigenvalue weighted by Crippen LogP contribution is 2.53. The Morgan fingerprint density at radius 1 is 0.464 bits per heavy atom. The van der Waals surface area contributed by atoms with Gasteiger partial charge in [0, 0.05) is 0 Å². The summed E-state index contributed by atoms with van der Waals surface area (Å²) < 4.78 is 0. The summed E-state index contributed by atoms with van der Waals surface area (Å²) in [5, 5.41) is 14.5. The number of hydrogen-bond donors (Lipinski definition) is 0. The molecule has 28 heavy (non-hydrogen) atoms. The maximum Gasteiger partial charge on any atom is 0.144 e. The topological polar surface area (TPSA) is 23.1 Å². The van der Waals surface area contributed by atoms with Gasteiger partial charge in [-0.15, -0.1) is 6.61 Å². The van der Waals surface area contributed by atoms with Crippen molar-refractivity contribution in [3.05, 3.63) is 121 Å². The third-order valence-corrected chi connectivity index (χ3v) is 8.86. The summed E-state index contributed by atoms with van der Waals surface area (Å²) in [5.74, 6) is 0. The summed E-state index contributed by atoms with van der Waals surface area (Å²) in [5.41, 5.74) is 0. The Labute approximate surface area is 168 Å². The van der Waals surface area contributed by atoms with Crippen molar-refractivity contribution in [2.75, 3.05) is 6.61 Å². The summed E-state index contributed by atoms with van der Waals surface area (Å²) >= 11 is 0. The van der Waals surface area contributed by atoms with Crippen molar-refractivity contribution in [1.82, 2.24) is 0 Å². The van der Waals surface area contributed by atoms with Crippen LogP contribution in [0.1, 0.15) is 6.92 Å². The number of hydrogen-bond acceptors (Lipinski definition) is 1. The molecule has 0 atom stereocenters. The van der Waals surface area contributed by atoms with Crippen LogP contribution in [0.15, 0.2) is 121 Å². The van der Waals surface area contributed by atoms with Gasteiger partial charge in [-0.05, 0) is 48.5 Å². The molecule has 0 amide bonds. The smallest absolute Gasteiger partial charge is 0.144 e. The fourth-order valence-corrected chi connectivity index (χ4v) is 7.77. The molecule has 0 N–H and O–H groups in total. The Morgan fingerprint density at radius 3 is 0.821 bits per heavy atom. The third kappa shape index (κ3) is 4.07. The number of rotatable bonds is 4. The van der Waals surface area contributed by atoms with Crippen LogP contribution in [0, 0.1) is 0 Å².